The highest BCUT2D eigenvalue weighted by Crippen LogP contribution is 2.44. The SMILES string of the molecule is CC(C)CN1C(=O)NC(=O)C2(CCC2)C1=O. The van der Waals surface area contributed by atoms with Crippen molar-refractivity contribution in [2.75, 3.05) is 6.54 Å². The van der Waals surface area contributed by atoms with E-state index < -0.39 is 17.4 Å². The van der Waals surface area contributed by atoms with Gasteiger partial charge in [-0.3, -0.25) is 19.8 Å². The average Bonchev–Trinajstić information content (AvgIpc) is 2.09. The Balaban J connectivity index is 2.23. The number of nitrogens with one attached hydrogen (secondary N) is 1. The van der Waals surface area contributed by atoms with E-state index in [0.717, 1.165) is 6.42 Å². The van der Waals surface area contributed by atoms with Crippen molar-refractivity contribution >= 4 is 17.8 Å². The van der Waals surface area contributed by atoms with Crippen molar-refractivity contribution in [3.05, 3.63) is 0 Å². The zero-order valence-corrected chi connectivity index (χ0v) is 9.58. The molecule has 88 valence electrons. The van der Waals surface area contributed by atoms with E-state index in [2.05, 4.69) is 5.32 Å². The van der Waals surface area contributed by atoms with Crippen LogP contribution in [-0.4, -0.2) is 29.3 Å². The zero-order chi connectivity index (χ0) is 11.9. The van der Waals surface area contributed by atoms with Crippen LogP contribution in [0.5, 0.6) is 0 Å². The van der Waals surface area contributed by atoms with Crippen LogP contribution in [0.4, 0.5) is 4.79 Å². The van der Waals surface area contributed by atoms with Crippen molar-refractivity contribution in [3.8, 4) is 0 Å². The van der Waals surface area contributed by atoms with Crippen LogP contribution in [-0.2, 0) is 9.59 Å². The molecule has 2 rings (SSSR count). The van der Waals surface area contributed by atoms with Crippen molar-refractivity contribution in [2.24, 2.45) is 11.3 Å². The molecule has 1 spiro atoms. The van der Waals surface area contributed by atoms with E-state index in [1.165, 1.54) is 4.90 Å². The van der Waals surface area contributed by atoms with Gasteiger partial charge in [0.05, 0.1) is 0 Å². The van der Waals surface area contributed by atoms with Crippen LogP contribution >= 0.6 is 0 Å². The Morgan fingerprint density at radius 3 is 2.38 bits per heavy atom. The van der Waals surface area contributed by atoms with Gasteiger partial charge in [0.1, 0.15) is 5.41 Å². The average molecular weight is 224 g/mol. The van der Waals surface area contributed by atoms with Gasteiger partial charge in [0, 0.05) is 6.54 Å². The third kappa shape index (κ3) is 1.42. The Labute approximate surface area is 94.2 Å². The minimum absolute atomic E-state index is 0.208. The first-order valence-electron chi connectivity index (χ1n) is 5.65. The maximum Gasteiger partial charge on any atom is 0.330 e. The second kappa shape index (κ2) is 3.57. The molecule has 1 aliphatic heterocycles. The number of carbonyl (C=O) groups excluding carboxylic acids is 3. The molecule has 0 aromatic rings. The molecule has 0 bridgehead atoms. The summed E-state index contributed by atoms with van der Waals surface area (Å²) in [7, 11) is 0. The van der Waals surface area contributed by atoms with Gasteiger partial charge in [-0.25, -0.2) is 4.79 Å². The second-order valence-corrected chi connectivity index (χ2v) is 5.00. The molecule has 2 fully saturated rings. The molecule has 1 aliphatic carbocycles. The molecule has 1 saturated heterocycles. The number of imide groups is 2. The van der Waals surface area contributed by atoms with Crippen molar-refractivity contribution < 1.29 is 14.4 Å². The van der Waals surface area contributed by atoms with Crippen LogP contribution in [0.2, 0.25) is 0 Å². The Kier molecular flexibility index (Phi) is 2.48. The van der Waals surface area contributed by atoms with Crippen molar-refractivity contribution in [3.63, 3.8) is 0 Å². The first-order valence-corrected chi connectivity index (χ1v) is 5.65. The van der Waals surface area contributed by atoms with Crippen LogP contribution in [0.3, 0.4) is 0 Å². The molecule has 0 radical (unpaired) electrons. The maximum atomic E-state index is 12.1. The van der Waals surface area contributed by atoms with Gasteiger partial charge < -0.3 is 0 Å². The Morgan fingerprint density at radius 1 is 1.31 bits per heavy atom. The number of nitrogens with zero attached hydrogens (tertiary/aromatic N) is 1. The molecule has 0 unspecified atom stereocenters. The monoisotopic (exact) mass is 224 g/mol. The molecule has 16 heavy (non-hydrogen) atoms. The summed E-state index contributed by atoms with van der Waals surface area (Å²) >= 11 is 0. The number of hydrogen-bond donors (Lipinski definition) is 1. The molecule has 0 atom stereocenters. The fourth-order valence-corrected chi connectivity index (χ4v) is 2.23. The smallest absolute Gasteiger partial charge is 0.277 e. The summed E-state index contributed by atoms with van der Waals surface area (Å²) < 4.78 is 0. The van der Waals surface area contributed by atoms with Crippen molar-refractivity contribution in [2.45, 2.75) is 33.1 Å². The van der Waals surface area contributed by atoms with E-state index in [4.69, 9.17) is 0 Å². The molecular formula is C11H16N2O3. The Bertz CT molecular complexity index is 358. The van der Waals surface area contributed by atoms with E-state index in [1.807, 2.05) is 13.8 Å². The maximum absolute atomic E-state index is 12.1. The minimum Gasteiger partial charge on any atom is -0.277 e. The fraction of sp³-hybridized carbons (Fsp3) is 0.727. The highest BCUT2D eigenvalue weighted by Gasteiger charge is 2.57. The summed E-state index contributed by atoms with van der Waals surface area (Å²) in [4.78, 5) is 36.5. The van der Waals surface area contributed by atoms with E-state index >= 15 is 0 Å². The zero-order valence-electron chi connectivity index (χ0n) is 9.58. The lowest BCUT2D eigenvalue weighted by atomic mass is 9.66. The Hall–Kier alpha value is -1.39. The molecule has 1 heterocycles. The molecule has 4 amide bonds. The van der Waals surface area contributed by atoms with Gasteiger partial charge in [-0.1, -0.05) is 20.3 Å². The van der Waals surface area contributed by atoms with E-state index in [0.29, 0.717) is 19.4 Å². The van der Waals surface area contributed by atoms with Crippen LogP contribution in [0.1, 0.15) is 33.1 Å². The van der Waals surface area contributed by atoms with Crippen molar-refractivity contribution in [1.29, 1.82) is 0 Å². The van der Waals surface area contributed by atoms with Gasteiger partial charge in [0.15, 0.2) is 0 Å². The number of urea groups is 1. The summed E-state index contributed by atoms with van der Waals surface area (Å²) in [6.07, 6.45) is 2.02. The number of rotatable bonds is 2. The Morgan fingerprint density at radius 2 is 1.94 bits per heavy atom. The number of hydrogen-bond acceptors (Lipinski definition) is 3. The van der Waals surface area contributed by atoms with Gasteiger partial charge in [-0.05, 0) is 18.8 Å². The lowest BCUT2D eigenvalue weighted by Crippen LogP contribution is -2.66. The number of barbiturate groups is 1. The van der Waals surface area contributed by atoms with Gasteiger partial charge in [0.25, 0.3) is 0 Å². The normalized spacial score (nSPS) is 23.7. The van der Waals surface area contributed by atoms with Crippen molar-refractivity contribution in [1.82, 2.24) is 10.2 Å². The standard InChI is InChI=1S/C11H16N2O3/c1-7(2)6-13-9(15)11(4-3-5-11)8(14)12-10(13)16/h7H,3-6H2,1-2H3,(H,12,14,16). The summed E-state index contributed by atoms with van der Waals surface area (Å²) in [6.45, 7) is 4.24. The summed E-state index contributed by atoms with van der Waals surface area (Å²) in [5.41, 5.74) is -0.928. The lowest BCUT2D eigenvalue weighted by Gasteiger charge is -2.44. The summed E-state index contributed by atoms with van der Waals surface area (Å²) in [6, 6.07) is -0.568. The number of amides is 4. The second-order valence-electron chi connectivity index (χ2n) is 5.00. The van der Waals surface area contributed by atoms with E-state index in [1.54, 1.807) is 0 Å². The lowest BCUT2D eigenvalue weighted by molar-refractivity contribution is -0.157. The molecule has 0 aromatic heterocycles. The van der Waals surface area contributed by atoms with Crippen LogP contribution < -0.4 is 5.32 Å². The van der Waals surface area contributed by atoms with E-state index in [-0.39, 0.29) is 11.8 Å². The van der Waals surface area contributed by atoms with Gasteiger partial charge in [0.2, 0.25) is 11.8 Å². The van der Waals surface area contributed by atoms with Crippen LogP contribution in [0, 0.1) is 11.3 Å². The molecular weight excluding hydrogens is 208 g/mol. The quantitative estimate of drug-likeness (QED) is 0.708. The number of carbonyl (C=O) groups is 3. The van der Waals surface area contributed by atoms with Gasteiger partial charge in [-0.2, -0.15) is 0 Å². The largest absolute Gasteiger partial charge is 0.330 e. The van der Waals surface area contributed by atoms with Gasteiger partial charge in [-0.15, -0.1) is 0 Å². The molecule has 5 heteroatoms. The first kappa shape index (κ1) is 11.1. The first-order chi connectivity index (χ1) is 7.47. The minimum atomic E-state index is -0.928. The molecule has 1 N–H and O–H groups in total. The summed E-state index contributed by atoms with van der Waals surface area (Å²) in [5, 5.41) is 2.29. The predicted molar refractivity (Wildman–Crippen MR) is 56.4 cm³/mol. The topological polar surface area (TPSA) is 66.5 Å². The third-order valence-corrected chi connectivity index (χ3v) is 3.31. The van der Waals surface area contributed by atoms with Gasteiger partial charge >= 0.3 is 6.03 Å². The van der Waals surface area contributed by atoms with E-state index in [9.17, 15) is 14.4 Å². The molecule has 0 aromatic carbocycles. The van der Waals surface area contributed by atoms with Crippen LogP contribution in [0.25, 0.3) is 0 Å². The third-order valence-electron chi connectivity index (χ3n) is 3.31. The molecule has 2 aliphatic rings. The highest BCUT2D eigenvalue weighted by atomic mass is 16.2. The molecule has 1 saturated carbocycles. The highest BCUT2D eigenvalue weighted by molar-refractivity contribution is 6.19. The predicted octanol–water partition coefficient (Wildman–Crippen LogP) is 0.891. The fourth-order valence-electron chi connectivity index (χ4n) is 2.23. The summed E-state index contributed by atoms with van der Waals surface area (Å²) in [5.74, 6) is -0.505. The van der Waals surface area contributed by atoms with Crippen LogP contribution in [0.15, 0.2) is 0 Å². The molecule has 5 nitrogen and oxygen atoms in total.